The molecule has 1 aliphatic carbocycles. The quantitative estimate of drug-likeness (QED) is 0.747. The van der Waals surface area contributed by atoms with Gasteiger partial charge in [-0.15, -0.1) is 0 Å². The molecule has 0 aromatic heterocycles. The van der Waals surface area contributed by atoms with E-state index in [1.165, 1.54) is 12.8 Å². The second-order valence-electron chi connectivity index (χ2n) is 5.14. The minimum atomic E-state index is 0.134. The molecule has 1 atom stereocenters. The smallest absolute Gasteiger partial charge is 0.248 e. The first kappa shape index (κ1) is 12.8. The van der Waals surface area contributed by atoms with E-state index in [0.717, 1.165) is 25.9 Å². The maximum atomic E-state index is 11.8. The van der Waals surface area contributed by atoms with Gasteiger partial charge in [-0.3, -0.25) is 4.79 Å². The first-order valence-corrected chi connectivity index (χ1v) is 6.60. The molecule has 1 heterocycles. The highest BCUT2D eigenvalue weighted by molar-refractivity contribution is 5.77. The monoisotopic (exact) mass is 241 g/mol. The topological polar surface area (TPSA) is 38.8 Å². The normalized spacial score (nSPS) is 26.9. The highest BCUT2D eigenvalue weighted by atomic mass is 16.5. The Morgan fingerprint density at radius 1 is 1.35 bits per heavy atom. The van der Waals surface area contributed by atoms with Crippen molar-refractivity contribution in [2.24, 2.45) is 5.41 Å². The molecule has 0 bridgehead atoms. The van der Waals surface area contributed by atoms with E-state index in [1.807, 2.05) is 11.8 Å². The molecule has 1 saturated heterocycles. The molecule has 0 aromatic rings. The summed E-state index contributed by atoms with van der Waals surface area (Å²) in [6, 6.07) is 0. The lowest BCUT2D eigenvalue weighted by Gasteiger charge is -2.53. The Morgan fingerprint density at radius 2 is 2.06 bits per heavy atom. The maximum Gasteiger partial charge on any atom is 0.248 e. The first-order valence-electron chi connectivity index (χ1n) is 6.60. The summed E-state index contributed by atoms with van der Waals surface area (Å²) in [6.45, 7) is 4.49. The summed E-state index contributed by atoms with van der Waals surface area (Å²) in [4.78, 5) is 13.7. The molecule has 4 heteroatoms. The van der Waals surface area contributed by atoms with E-state index in [0.29, 0.717) is 18.1 Å². The third-order valence-corrected chi connectivity index (χ3v) is 4.41. The molecule has 2 aliphatic rings. The first-order chi connectivity index (χ1) is 8.22. The summed E-state index contributed by atoms with van der Waals surface area (Å²) in [6.07, 6.45) is 5.04. The van der Waals surface area contributed by atoms with Gasteiger partial charge in [-0.2, -0.15) is 0 Å². The van der Waals surface area contributed by atoms with Gasteiger partial charge in [-0.25, -0.2) is 0 Å². The molecule has 0 N–H and O–H groups in total. The van der Waals surface area contributed by atoms with Crippen molar-refractivity contribution in [1.29, 1.82) is 0 Å². The Morgan fingerprint density at radius 3 is 2.53 bits per heavy atom. The predicted octanol–water partition coefficient (Wildman–Crippen LogP) is 1.44. The van der Waals surface area contributed by atoms with Crippen molar-refractivity contribution < 1.29 is 14.3 Å². The summed E-state index contributed by atoms with van der Waals surface area (Å²) in [5.74, 6) is 0.134. The van der Waals surface area contributed by atoms with Crippen LogP contribution in [0.5, 0.6) is 0 Å². The molecule has 1 amide bonds. The maximum absolute atomic E-state index is 11.8. The van der Waals surface area contributed by atoms with Crippen LogP contribution in [-0.4, -0.2) is 50.3 Å². The van der Waals surface area contributed by atoms with Crippen molar-refractivity contribution in [3.05, 3.63) is 0 Å². The second-order valence-corrected chi connectivity index (χ2v) is 5.14. The van der Waals surface area contributed by atoms with Crippen LogP contribution in [0.25, 0.3) is 0 Å². The van der Waals surface area contributed by atoms with E-state index < -0.39 is 0 Å². The van der Waals surface area contributed by atoms with Crippen LogP contribution in [0.15, 0.2) is 0 Å². The Labute approximate surface area is 103 Å². The SMILES string of the molecule is CCOCC(=O)N1CCC2(CCC2OC)CC1. The van der Waals surface area contributed by atoms with Crippen molar-refractivity contribution in [2.45, 2.75) is 38.7 Å². The molecule has 2 fully saturated rings. The van der Waals surface area contributed by atoms with Crippen molar-refractivity contribution in [1.82, 2.24) is 4.90 Å². The van der Waals surface area contributed by atoms with Crippen LogP contribution in [0.1, 0.15) is 32.6 Å². The minimum absolute atomic E-state index is 0.134. The number of rotatable bonds is 4. The number of methoxy groups -OCH3 is 1. The van der Waals surface area contributed by atoms with Gasteiger partial charge in [-0.1, -0.05) is 0 Å². The number of piperidine rings is 1. The van der Waals surface area contributed by atoms with Gasteiger partial charge in [0, 0.05) is 32.2 Å². The van der Waals surface area contributed by atoms with Gasteiger partial charge in [0.1, 0.15) is 6.61 Å². The molecule has 1 unspecified atom stereocenters. The number of carbonyl (C=O) groups excluding carboxylic acids is 1. The van der Waals surface area contributed by atoms with Crippen LogP contribution in [0, 0.1) is 5.41 Å². The van der Waals surface area contributed by atoms with Gasteiger partial charge in [0.15, 0.2) is 0 Å². The van der Waals surface area contributed by atoms with Gasteiger partial charge in [0.2, 0.25) is 5.91 Å². The zero-order chi connectivity index (χ0) is 12.3. The number of likely N-dealkylation sites (tertiary alicyclic amines) is 1. The fourth-order valence-corrected chi connectivity index (χ4v) is 3.09. The molecule has 98 valence electrons. The third kappa shape index (κ3) is 2.47. The van der Waals surface area contributed by atoms with E-state index in [-0.39, 0.29) is 12.5 Å². The van der Waals surface area contributed by atoms with Crippen molar-refractivity contribution >= 4 is 5.91 Å². The van der Waals surface area contributed by atoms with E-state index in [2.05, 4.69) is 0 Å². The molecule has 1 spiro atoms. The highest BCUT2D eigenvalue weighted by Crippen LogP contribution is 2.50. The molecule has 0 radical (unpaired) electrons. The molecule has 2 rings (SSSR count). The van der Waals surface area contributed by atoms with Gasteiger partial charge in [-0.05, 0) is 32.6 Å². The van der Waals surface area contributed by atoms with E-state index in [1.54, 1.807) is 7.11 Å². The van der Waals surface area contributed by atoms with E-state index in [4.69, 9.17) is 9.47 Å². The largest absolute Gasteiger partial charge is 0.381 e. The summed E-state index contributed by atoms with van der Waals surface area (Å²) >= 11 is 0. The van der Waals surface area contributed by atoms with Crippen molar-refractivity contribution in [2.75, 3.05) is 33.4 Å². The summed E-state index contributed by atoms with van der Waals surface area (Å²) in [7, 11) is 1.80. The third-order valence-electron chi connectivity index (χ3n) is 4.41. The van der Waals surface area contributed by atoms with Crippen LogP contribution < -0.4 is 0 Å². The number of carbonyl (C=O) groups is 1. The molecular weight excluding hydrogens is 218 g/mol. The Balaban J connectivity index is 1.80. The number of hydrogen-bond donors (Lipinski definition) is 0. The molecule has 1 saturated carbocycles. The van der Waals surface area contributed by atoms with E-state index >= 15 is 0 Å². The molecule has 17 heavy (non-hydrogen) atoms. The minimum Gasteiger partial charge on any atom is -0.381 e. The average molecular weight is 241 g/mol. The lowest BCUT2D eigenvalue weighted by molar-refractivity contribution is -0.148. The standard InChI is InChI=1S/C13H23NO3/c1-3-17-10-12(15)14-8-6-13(7-9-14)5-4-11(13)16-2/h11H,3-10H2,1-2H3. The van der Waals surface area contributed by atoms with Gasteiger partial charge >= 0.3 is 0 Å². The van der Waals surface area contributed by atoms with Crippen LogP contribution in [-0.2, 0) is 14.3 Å². The average Bonchev–Trinajstić information content (AvgIpc) is 2.35. The lowest BCUT2D eigenvalue weighted by atomic mass is 9.61. The van der Waals surface area contributed by atoms with Crippen LogP contribution in [0.3, 0.4) is 0 Å². The van der Waals surface area contributed by atoms with E-state index in [9.17, 15) is 4.79 Å². The zero-order valence-corrected chi connectivity index (χ0v) is 10.9. The lowest BCUT2D eigenvalue weighted by Crippen LogP contribution is -2.54. The summed E-state index contributed by atoms with van der Waals surface area (Å²) in [5.41, 5.74) is 0.372. The highest BCUT2D eigenvalue weighted by Gasteiger charge is 2.48. The zero-order valence-electron chi connectivity index (χ0n) is 10.9. The van der Waals surface area contributed by atoms with Gasteiger partial charge in [0.05, 0.1) is 6.10 Å². The fourth-order valence-electron chi connectivity index (χ4n) is 3.09. The second kappa shape index (κ2) is 5.36. The van der Waals surface area contributed by atoms with Crippen LogP contribution in [0.4, 0.5) is 0 Å². The number of ether oxygens (including phenoxy) is 2. The number of hydrogen-bond acceptors (Lipinski definition) is 3. The molecule has 1 aliphatic heterocycles. The Bertz CT molecular complexity index is 270. The number of amides is 1. The van der Waals surface area contributed by atoms with Crippen LogP contribution in [0.2, 0.25) is 0 Å². The predicted molar refractivity (Wildman–Crippen MR) is 64.8 cm³/mol. The van der Waals surface area contributed by atoms with Gasteiger partial charge < -0.3 is 14.4 Å². The van der Waals surface area contributed by atoms with Gasteiger partial charge in [0.25, 0.3) is 0 Å². The Hall–Kier alpha value is -0.610. The Kier molecular flexibility index (Phi) is 4.05. The summed E-state index contributed by atoms with van der Waals surface area (Å²) < 4.78 is 10.7. The fraction of sp³-hybridized carbons (Fsp3) is 0.923. The van der Waals surface area contributed by atoms with Crippen LogP contribution >= 0.6 is 0 Å². The number of nitrogens with zero attached hydrogens (tertiary/aromatic N) is 1. The summed E-state index contributed by atoms with van der Waals surface area (Å²) in [5, 5.41) is 0. The van der Waals surface area contributed by atoms with Crippen molar-refractivity contribution in [3.63, 3.8) is 0 Å². The van der Waals surface area contributed by atoms with Crippen molar-refractivity contribution in [3.8, 4) is 0 Å². The molecular formula is C13H23NO3. The molecule has 0 aromatic carbocycles. The molecule has 4 nitrogen and oxygen atoms in total.